The van der Waals surface area contributed by atoms with Crippen molar-refractivity contribution in [3.8, 4) is 0 Å². The number of aromatic nitrogens is 3. The summed E-state index contributed by atoms with van der Waals surface area (Å²) in [6, 6.07) is 8.39. The molecule has 8 nitrogen and oxygen atoms in total. The van der Waals surface area contributed by atoms with E-state index in [1.165, 1.54) is 10.6 Å². The van der Waals surface area contributed by atoms with Gasteiger partial charge in [0.2, 0.25) is 5.91 Å². The van der Waals surface area contributed by atoms with Crippen molar-refractivity contribution in [1.29, 1.82) is 0 Å². The molecule has 0 radical (unpaired) electrons. The highest BCUT2D eigenvalue weighted by Crippen LogP contribution is 2.26. The molecule has 0 unspecified atom stereocenters. The predicted octanol–water partition coefficient (Wildman–Crippen LogP) is 0.769. The lowest BCUT2D eigenvalue weighted by Crippen LogP contribution is -2.15. The summed E-state index contributed by atoms with van der Waals surface area (Å²) in [6.45, 7) is 0. The average Bonchev–Trinajstić information content (AvgIpc) is 3.09. The van der Waals surface area contributed by atoms with Gasteiger partial charge in [0, 0.05) is 17.6 Å². The summed E-state index contributed by atoms with van der Waals surface area (Å²) in [5.74, 6) is -0.448. The Bertz CT molecular complexity index is 1020. The summed E-state index contributed by atoms with van der Waals surface area (Å²) in [6.07, 6.45) is 1.83. The lowest BCUT2D eigenvalue weighted by molar-refractivity contribution is -0.115. The molecule has 23 heavy (non-hydrogen) atoms. The molecule has 2 aromatic heterocycles. The van der Waals surface area contributed by atoms with Crippen LogP contribution in [0.25, 0.3) is 5.65 Å². The fourth-order valence-corrected chi connectivity index (χ4v) is 2.62. The van der Waals surface area contributed by atoms with Crippen molar-refractivity contribution in [3.05, 3.63) is 58.1 Å². The lowest BCUT2D eigenvalue weighted by Gasteiger charge is -2.07. The molecule has 3 aromatic rings. The SMILES string of the molecule is O=C1Cc2cc(NC(=O)c3cccn4c(=O)[nH]nc34)ccc2N1. The largest absolute Gasteiger partial charge is 0.347 e. The molecule has 1 aromatic carbocycles. The number of carbonyl (C=O) groups is 2. The maximum Gasteiger partial charge on any atom is 0.347 e. The van der Waals surface area contributed by atoms with Gasteiger partial charge in [0.15, 0.2) is 5.65 Å². The number of nitrogens with zero attached hydrogens (tertiary/aromatic N) is 2. The highest BCUT2D eigenvalue weighted by atomic mass is 16.2. The van der Waals surface area contributed by atoms with Crippen LogP contribution in [0.5, 0.6) is 0 Å². The summed E-state index contributed by atoms with van der Waals surface area (Å²) >= 11 is 0. The third-order valence-corrected chi connectivity index (χ3v) is 3.68. The zero-order valence-corrected chi connectivity index (χ0v) is 11.8. The topological polar surface area (TPSA) is 108 Å². The maximum absolute atomic E-state index is 12.4. The average molecular weight is 309 g/mol. The Morgan fingerprint density at radius 3 is 3.00 bits per heavy atom. The van der Waals surface area contributed by atoms with Gasteiger partial charge in [-0.05, 0) is 35.9 Å². The number of aromatic amines is 1. The number of carbonyl (C=O) groups excluding carboxylic acids is 2. The molecule has 0 aliphatic carbocycles. The Hall–Kier alpha value is -3.42. The number of rotatable bonds is 2. The highest BCUT2D eigenvalue weighted by molar-refractivity contribution is 6.08. The molecule has 2 amide bonds. The van der Waals surface area contributed by atoms with Crippen LogP contribution in [0.3, 0.4) is 0 Å². The number of fused-ring (bicyclic) bond motifs is 2. The molecule has 4 rings (SSSR count). The standard InChI is InChI=1S/C15H11N5O3/c21-12-7-8-6-9(3-4-11(8)17-12)16-14(22)10-2-1-5-20-13(10)18-19-15(20)23/h1-6H,7H2,(H,16,22)(H,17,21)(H,19,23). The van der Waals surface area contributed by atoms with Gasteiger partial charge in [-0.2, -0.15) is 5.10 Å². The monoisotopic (exact) mass is 309 g/mol. The third kappa shape index (κ3) is 2.16. The molecule has 0 saturated carbocycles. The second-order valence-electron chi connectivity index (χ2n) is 5.20. The van der Waals surface area contributed by atoms with E-state index in [2.05, 4.69) is 20.8 Å². The van der Waals surface area contributed by atoms with Crippen LogP contribution in [0.2, 0.25) is 0 Å². The summed E-state index contributed by atoms with van der Waals surface area (Å²) < 4.78 is 1.26. The molecule has 8 heteroatoms. The van der Waals surface area contributed by atoms with Crippen LogP contribution in [0.4, 0.5) is 11.4 Å². The Kier molecular flexibility index (Phi) is 2.77. The first kappa shape index (κ1) is 13.3. The smallest absolute Gasteiger partial charge is 0.326 e. The number of pyridine rings is 1. The van der Waals surface area contributed by atoms with Crippen LogP contribution >= 0.6 is 0 Å². The van der Waals surface area contributed by atoms with Crippen LogP contribution in [-0.2, 0) is 11.2 Å². The fourth-order valence-electron chi connectivity index (χ4n) is 2.62. The predicted molar refractivity (Wildman–Crippen MR) is 82.5 cm³/mol. The van der Waals surface area contributed by atoms with Gasteiger partial charge < -0.3 is 10.6 Å². The van der Waals surface area contributed by atoms with Crippen LogP contribution in [0, 0.1) is 0 Å². The van der Waals surface area contributed by atoms with Crippen molar-refractivity contribution >= 4 is 28.8 Å². The van der Waals surface area contributed by atoms with E-state index in [0.29, 0.717) is 12.1 Å². The van der Waals surface area contributed by atoms with Gasteiger partial charge in [-0.3, -0.25) is 9.59 Å². The van der Waals surface area contributed by atoms with E-state index in [0.717, 1.165) is 11.3 Å². The van der Waals surface area contributed by atoms with Gasteiger partial charge in [0.1, 0.15) is 0 Å². The first-order valence-corrected chi connectivity index (χ1v) is 6.92. The van der Waals surface area contributed by atoms with Crippen LogP contribution in [0.15, 0.2) is 41.3 Å². The van der Waals surface area contributed by atoms with E-state index in [9.17, 15) is 14.4 Å². The number of H-pyrrole nitrogens is 1. The summed E-state index contributed by atoms with van der Waals surface area (Å²) in [4.78, 5) is 35.3. The van der Waals surface area contributed by atoms with E-state index in [4.69, 9.17) is 0 Å². The van der Waals surface area contributed by atoms with Crippen molar-refractivity contribution < 1.29 is 9.59 Å². The van der Waals surface area contributed by atoms with E-state index >= 15 is 0 Å². The fraction of sp³-hybridized carbons (Fsp3) is 0.0667. The van der Waals surface area contributed by atoms with Crippen molar-refractivity contribution in [2.45, 2.75) is 6.42 Å². The second kappa shape index (κ2) is 4.80. The number of hydrogen-bond donors (Lipinski definition) is 3. The van der Waals surface area contributed by atoms with E-state index in [-0.39, 0.29) is 23.0 Å². The van der Waals surface area contributed by atoms with Gasteiger partial charge >= 0.3 is 5.69 Å². The van der Waals surface area contributed by atoms with Gasteiger partial charge in [-0.1, -0.05) is 0 Å². The quantitative estimate of drug-likeness (QED) is 0.649. The maximum atomic E-state index is 12.4. The van der Waals surface area contributed by atoms with Gasteiger partial charge in [0.25, 0.3) is 5.91 Å². The van der Waals surface area contributed by atoms with E-state index < -0.39 is 5.69 Å². The van der Waals surface area contributed by atoms with Gasteiger partial charge in [0.05, 0.1) is 12.0 Å². The third-order valence-electron chi connectivity index (χ3n) is 3.68. The molecule has 1 aliphatic rings. The minimum atomic E-state index is -0.406. The molecular formula is C15H11N5O3. The van der Waals surface area contributed by atoms with Crippen molar-refractivity contribution in [2.75, 3.05) is 10.6 Å². The van der Waals surface area contributed by atoms with Crippen molar-refractivity contribution in [1.82, 2.24) is 14.6 Å². The molecule has 0 atom stereocenters. The number of anilines is 2. The zero-order valence-electron chi connectivity index (χ0n) is 11.8. The van der Waals surface area contributed by atoms with Crippen LogP contribution in [-0.4, -0.2) is 26.4 Å². The normalized spacial score (nSPS) is 13.0. The first-order valence-electron chi connectivity index (χ1n) is 6.92. The zero-order chi connectivity index (χ0) is 16.0. The van der Waals surface area contributed by atoms with E-state index in [1.807, 2.05) is 0 Å². The number of nitrogens with one attached hydrogen (secondary N) is 3. The summed E-state index contributed by atoms with van der Waals surface area (Å²) in [5, 5.41) is 11.7. The molecule has 114 valence electrons. The Morgan fingerprint density at radius 2 is 2.13 bits per heavy atom. The molecular weight excluding hydrogens is 298 g/mol. The molecule has 3 heterocycles. The highest BCUT2D eigenvalue weighted by Gasteiger charge is 2.19. The molecule has 0 spiro atoms. The van der Waals surface area contributed by atoms with Crippen LogP contribution in [0.1, 0.15) is 15.9 Å². The van der Waals surface area contributed by atoms with Gasteiger partial charge in [-0.25, -0.2) is 14.3 Å². The minimum absolute atomic E-state index is 0.0656. The summed E-state index contributed by atoms with van der Waals surface area (Å²) in [5.41, 5.74) is 2.30. The van der Waals surface area contributed by atoms with Crippen molar-refractivity contribution in [2.24, 2.45) is 0 Å². The molecule has 1 aliphatic heterocycles. The minimum Gasteiger partial charge on any atom is -0.326 e. The Balaban J connectivity index is 1.66. The number of benzene rings is 1. The first-order chi connectivity index (χ1) is 11.1. The lowest BCUT2D eigenvalue weighted by atomic mass is 10.1. The molecule has 0 fully saturated rings. The Morgan fingerprint density at radius 1 is 1.26 bits per heavy atom. The molecule has 0 saturated heterocycles. The van der Waals surface area contributed by atoms with Gasteiger partial charge in [-0.15, -0.1) is 0 Å². The second-order valence-corrected chi connectivity index (χ2v) is 5.20. The summed E-state index contributed by atoms with van der Waals surface area (Å²) in [7, 11) is 0. The van der Waals surface area contributed by atoms with E-state index in [1.54, 1.807) is 30.3 Å². The number of amides is 2. The van der Waals surface area contributed by atoms with Crippen LogP contribution < -0.4 is 16.3 Å². The Labute approximate surface area is 129 Å². The molecule has 3 N–H and O–H groups in total. The number of hydrogen-bond acceptors (Lipinski definition) is 4. The molecule has 0 bridgehead atoms. The van der Waals surface area contributed by atoms with Crippen molar-refractivity contribution in [3.63, 3.8) is 0 Å².